The van der Waals surface area contributed by atoms with E-state index in [1.54, 1.807) is 31.2 Å². The molecule has 0 radical (unpaired) electrons. The van der Waals surface area contributed by atoms with Gasteiger partial charge in [-0.2, -0.15) is 0 Å². The number of nitro groups is 1. The molecule has 0 fully saturated rings. The van der Waals surface area contributed by atoms with Crippen LogP contribution < -0.4 is 15.8 Å². The van der Waals surface area contributed by atoms with E-state index in [-0.39, 0.29) is 10.6 Å². The molecule has 0 spiro atoms. The van der Waals surface area contributed by atoms with Crippen LogP contribution in [-0.4, -0.2) is 18.1 Å². The highest BCUT2D eigenvalue weighted by Crippen LogP contribution is 2.31. The van der Waals surface area contributed by atoms with E-state index in [0.717, 1.165) is 5.69 Å². The van der Waals surface area contributed by atoms with E-state index in [4.69, 9.17) is 10.5 Å². The minimum Gasteiger partial charge on any atom is -0.492 e. The Kier molecular flexibility index (Phi) is 4.73. The van der Waals surface area contributed by atoms with Crippen LogP contribution >= 0.6 is 0 Å². The smallest absolute Gasteiger partial charge is 0.295 e. The van der Waals surface area contributed by atoms with Gasteiger partial charge in [-0.25, -0.2) is 0 Å². The maximum Gasteiger partial charge on any atom is 0.295 e. The maximum atomic E-state index is 11.2. The number of ether oxygens (including phenoxy) is 1. The van der Waals surface area contributed by atoms with Gasteiger partial charge in [0, 0.05) is 23.9 Å². The molecular formula is C15H17N3O3. The van der Waals surface area contributed by atoms with Crippen LogP contribution in [-0.2, 0) is 0 Å². The number of nitro benzene ring substituents is 1. The summed E-state index contributed by atoms with van der Waals surface area (Å²) in [5.41, 5.74) is 7.25. The van der Waals surface area contributed by atoms with Gasteiger partial charge in [0.05, 0.1) is 4.92 Å². The topological polar surface area (TPSA) is 90.4 Å². The quantitative estimate of drug-likeness (QED) is 0.629. The first-order valence-electron chi connectivity index (χ1n) is 6.56. The zero-order chi connectivity index (χ0) is 15.2. The van der Waals surface area contributed by atoms with Crippen LogP contribution in [0.1, 0.15) is 5.56 Å². The lowest BCUT2D eigenvalue weighted by Gasteiger charge is -2.10. The van der Waals surface area contributed by atoms with Crippen molar-refractivity contribution in [3.05, 3.63) is 58.1 Å². The number of nitrogens with two attached hydrogens (primary N) is 1. The average Bonchev–Trinajstić information content (AvgIpc) is 2.45. The van der Waals surface area contributed by atoms with Gasteiger partial charge in [0.25, 0.3) is 5.69 Å². The fourth-order valence-corrected chi connectivity index (χ4v) is 2.00. The van der Waals surface area contributed by atoms with Crippen molar-refractivity contribution in [2.45, 2.75) is 6.92 Å². The van der Waals surface area contributed by atoms with Gasteiger partial charge in [-0.3, -0.25) is 10.1 Å². The van der Waals surface area contributed by atoms with Gasteiger partial charge < -0.3 is 15.8 Å². The summed E-state index contributed by atoms with van der Waals surface area (Å²) in [6, 6.07) is 12.4. The Morgan fingerprint density at radius 1 is 1.29 bits per heavy atom. The fourth-order valence-electron chi connectivity index (χ4n) is 2.00. The summed E-state index contributed by atoms with van der Waals surface area (Å²) >= 11 is 0. The molecule has 2 aromatic rings. The van der Waals surface area contributed by atoms with E-state index in [2.05, 4.69) is 5.32 Å². The normalized spacial score (nSPS) is 10.2. The molecule has 0 saturated heterocycles. The molecule has 0 aliphatic carbocycles. The van der Waals surface area contributed by atoms with Gasteiger partial charge in [0.1, 0.15) is 18.0 Å². The van der Waals surface area contributed by atoms with E-state index < -0.39 is 0 Å². The molecule has 0 unspecified atom stereocenters. The van der Waals surface area contributed by atoms with E-state index >= 15 is 0 Å². The van der Waals surface area contributed by atoms with E-state index in [9.17, 15) is 10.1 Å². The van der Waals surface area contributed by atoms with Crippen molar-refractivity contribution in [3.8, 4) is 5.75 Å². The first-order chi connectivity index (χ1) is 10.1. The number of nitrogens with zero attached hydrogens (tertiary/aromatic N) is 1. The molecule has 0 aliphatic heterocycles. The number of benzene rings is 2. The first kappa shape index (κ1) is 14.8. The monoisotopic (exact) mass is 287 g/mol. The summed E-state index contributed by atoms with van der Waals surface area (Å²) in [5, 5.41) is 14.2. The summed E-state index contributed by atoms with van der Waals surface area (Å²) in [6.45, 7) is 2.57. The largest absolute Gasteiger partial charge is 0.492 e. The number of hydrogen-bond acceptors (Lipinski definition) is 5. The van der Waals surface area contributed by atoms with Crippen LogP contribution in [0.3, 0.4) is 0 Å². The number of anilines is 2. The van der Waals surface area contributed by atoms with Gasteiger partial charge in [-0.1, -0.05) is 18.2 Å². The third kappa shape index (κ3) is 3.70. The van der Waals surface area contributed by atoms with Crippen molar-refractivity contribution >= 4 is 17.1 Å². The molecule has 0 heterocycles. The van der Waals surface area contributed by atoms with Crippen LogP contribution in [0.25, 0.3) is 0 Å². The zero-order valence-electron chi connectivity index (χ0n) is 11.7. The standard InChI is InChI=1S/C15H17N3O3/c1-11-4-2-7-14(15(11)18(19)20)17-12-5-3-6-13(10-12)21-9-8-16/h2-7,10,17H,8-9,16H2,1H3. The molecule has 0 amide bonds. The second kappa shape index (κ2) is 6.71. The van der Waals surface area contributed by atoms with Crippen LogP contribution in [0.2, 0.25) is 0 Å². The van der Waals surface area contributed by atoms with E-state index in [1.807, 2.05) is 18.2 Å². The van der Waals surface area contributed by atoms with Gasteiger partial charge in [-0.05, 0) is 25.1 Å². The molecule has 6 heteroatoms. The third-order valence-electron chi connectivity index (χ3n) is 2.92. The van der Waals surface area contributed by atoms with Crippen molar-refractivity contribution in [1.82, 2.24) is 0 Å². The summed E-state index contributed by atoms with van der Waals surface area (Å²) in [6.07, 6.45) is 0. The van der Waals surface area contributed by atoms with E-state index in [0.29, 0.717) is 30.2 Å². The van der Waals surface area contributed by atoms with Crippen molar-refractivity contribution in [2.24, 2.45) is 5.73 Å². The minimum absolute atomic E-state index is 0.0748. The van der Waals surface area contributed by atoms with Crippen LogP contribution in [0, 0.1) is 17.0 Å². The van der Waals surface area contributed by atoms with Gasteiger partial charge in [-0.15, -0.1) is 0 Å². The summed E-state index contributed by atoms with van der Waals surface area (Å²) in [5.74, 6) is 0.667. The molecule has 3 N–H and O–H groups in total. The Balaban J connectivity index is 2.26. The van der Waals surface area contributed by atoms with Gasteiger partial charge in [0.2, 0.25) is 0 Å². The average molecular weight is 287 g/mol. The Hall–Kier alpha value is -2.60. The first-order valence-corrected chi connectivity index (χ1v) is 6.56. The number of aryl methyl sites for hydroxylation is 1. The summed E-state index contributed by atoms with van der Waals surface area (Å²) in [4.78, 5) is 10.8. The number of hydrogen-bond donors (Lipinski definition) is 2. The lowest BCUT2D eigenvalue weighted by atomic mass is 10.1. The summed E-state index contributed by atoms with van der Waals surface area (Å²) < 4.78 is 5.44. The summed E-state index contributed by atoms with van der Waals surface area (Å²) in [7, 11) is 0. The second-order valence-corrected chi connectivity index (χ2v) is 4.52. The Morgan fingerprint density at radius 3 is 2.76 bits per heavy atom. The maximum absolute atomic E-state index is 11.2. The fraction of sp³-hybridized carbons (Fsp3) is 0.200. The van der Waals surface area contributed by atoms with E-state index in [1.165, 1.54) is 0 Å². The highest BCUT2D eigenvalue weighted by Gasteiger charge is 2.16. The number of para-hydroxylation sites is 1. The predicted octanol–water partition coefficient (Wildman–Crippen LogP) is 2.98. The third-order valence-corrected chi connectivity index (χ3v) is 2.92. The Labute approximate surface area is 122 Å². The predicted molar refractivity (Wildman–Crippen MR) is 82.1 cm³/mol. The molecule has 110 valence electrons. The molecule has 0 aromatic heterocycles. The Bertz CT molecular complexity index is 644. The molecule has 6 nitrogen and oxygen atoms in total. The van der Waals surface area contributed by atoms with Gasteiger partial charge >= 0.3 is 0 Å². The molecule has 21 heavy (non-hydrogen) atoms. The minimum atomic E-state index is -0.383. The lowest BCUT2D eigenvalue weighted by molar-refractivity contribution is -0.384. The lowest BCUT2D eigenvalue weighted by Crippen LogP contribution is -2.10. The van der Waals surface area contributed by atoms with Crippen LogP contribution in [0.4, 0.5) is 17.1 Å². The van der Waals surface area contributed by atoms with Gasteiger partial charge in [0.15, 0.2) is 0 Å². The SMILES string of the molecule is Cc1cccc(Nc2cccc(OCCN)c2)c1[N+](=O)[O-]. The highest BCUT2D eigenvalue weighted by atomic mass is 16.6. The molecule has 2 rings (SSSR count). The highest BCUT2D eigenvalue weighted by molar-refractivity contribution is 5.72. The zero-order valence-corrected chi connectivity index (χ0v) is 11.7. The van der Waals surface area contributed by atoms with Crippen LogP contribution in [0.5, 0.6) is 5.75 Å². The molecule has 0 saturated carbocycles. The molecule has 0 aliphatic rings. The Morgan fingerprint density at radius 2 is 2.05 bits per heavy atom. The van der Waals surface area contributed by atoms with Crippen molar-refractivity contribution < 1.29 is 9.66 Å². The number of nitrogens with one attached hydrogen (secondary N) is 1. The molecule has 0 atom stereocenters. The van der Waals surface area contributed by atoms with Crippen molar-refractivity contribution in [3.63, 3.8) is 0 Å². The van der Waals surface area contributed by atoms with Crippen LogP contribution in [0.15, 0.2) is 42.5 Å². The molecule has 0 bridgehead atoms. The van der Waals surface area contributed by atoms with Crippen molar-refractivity contribution in [1.29, 1.82) is 0 Å². The second-order valence-electron chi connectivity index (χ2n) is 4.52. The molecule has 2 aromatic carbocycles. The number of rotatable bonds is 6. The molecular weight excluding hydrogens is 270 g/mol. The van der Waals surface area contributed by atoms with Crippen molar-refractivity contribution in [2.75, 3.05) is 18.5 Å².